The van der Waals surface area contributed by atoms with Crippen molar-refractivity contribution in [3.63, 3.8) is 0 Å². The predicted octanol–water partition coefficient (Wildman–Crippen LogP) is 2.78. The van der Waals surface area contributed by atoms with Crippen LogP contribution in [-0.2, 0) is 4.79 Å². The molecule has 5 heteroatoms. The van der Waals surface area contributed by atoms with Crippen molar-refractivity contribution in [1.82, 2.24) is 9.78 Å². The first-order valence-corrected chi connectivity index (χ1v) is 7.35. The van der Waals surface area contributed by atoms with Gasteiger partial charge in [0, 0.05) is 17.7 Å². The highest BCUT2D eigenvalue weighted by molar-refractivity contribution is 5.99. The van der Waals surface area contributed by atoms with E-state index < -0.39 is 0 Å². The smallest absolute Gasteiger partial charge is 0.163 e. The summed E-state index contributed by atoms with van der Waals surface area (Å²) in [6.07, 6.45) is 3.81. The van der Waals surface area contributed by atoms with Crippen molar-refractivity contribution in [1.29, 1.82) is 5.26 Å². The third kappa shape index (κ3) is 1.77. The third-order valence-electron chi connectivity index (χ3n) is 4.27. The molecule has 2 aromatic rings. The molecule has 0 spiro atoms. The second-order valence-corrected chi connectivity index (χ2v) is 5.57. The standard InChI is InChI=1S/C17H14N4O/c18-9-12-10-19-21-16(11-5-2-1-3-6-11)15-13(20-17(12)21)7-4-8-14(15)22/h1-3,5-6,10,16,20H,4,7-8H2/t16-/m1/s1. The first kappa shape index (κ1) is 12.8. The van der Waals surface area contributed by atoms with Gasteiger partial charge in [0.15, 0.2) is 5.78 Å². The molecule has 4 rings (SSSR count). The number of anilines is 1. The number of hydrogen-bond acceptors (Lipinski definition) is 4. The van der Waals surface area contributed by atoms with Crippen LogP contribution in [0.15, 0.2) is 47.8 Å². The van der Waals surface area contributed by atoms with Gasteiger partial charge in [-0.25, -0.2) is 4.68 Å². The molecule has 2 aliphatic rings. The summed E-state index contributed by atoms with van der Waals surface area (Å²) >= 11 is 0. The maximum absolute atomic E-state index is 12.5. The van der Waals surface area contributed by atoms with E-state index >= 15 is 0 Å². The number of ketones is 1. The first-order chi connectivity index (χ1) is 10.8. The van der Waals surface area contributed by atoms with E-state index in [0.717, 1.165) is 29.7 Å². The highest BCUT2D eigenvalue weighted by Gasteiger charge is 2.36. The van der Waals surface area contributed by atoms with Crippen molar-refractivity contribution in [2.75, 3.05) is 5.32 Å². The van der Waals surface area contributed by atoms with Crippen LogP contribution in [0.2, 0.25) is 0 Å². The van der Waals surface area contributed by atoms with Gasteiger partial charge in [-0.2, -0.15) is 10.4 Å². The molecule has 0 radical (unpaired) electrons. The van der Waals surface area contributed by atoms with E-state index in [1.165, 1.54) is 0 Å². The van der Waals surface area contributed by atoms with Crippen LogP contribution in [0.5, 0.6) is 0 Å². The number of carbonyl (C=O) groups is 1. The Bertz CT molecular complexity index is 826. The number of rotatable bonds is 1. The number of aromatic nitrogens is 2. The third-order valence-corrected chi connectivity index (χ3v) is 4.27. The van der Waals surface area contributed by atoms with Gasteiger partial charge in [-0.05, 0) is 18.4 Å². The number of Topliss-reactive ketones (excluding diaryl/α,β-unsaturated/α-hetero) is 1. The minimum absolute atomic E-state index is 0.169. The summed E-state index contributed by atoms with van der Waals surface area (Å²) in [5, 5.41) is 16.9. The Labute approximate surface area is 127 Å². The van der Waals surface area contributed by atoms with Gasteiger partial charge in [-0.3, -0.25) is 4.79 Å². The molecule has 1 aromatic carbocycles. The van der Waals surface area contributed by atoms with E-state index in [2.05, 4.69) is 16.5 Å². The van der Waals surface area contributed by atoms with Gasteiger partial charge in [0.05, 0.1) is 6.20 Å². The average molecular weight is 290 g/mol. The molecule has 0 saturated carbocycles. The fourth-order valence-corrected chi connectivity index (χ4v) is 3.28. The van der Waals surface area contributed by atoms with E-state index in [1.807, 2.05) is 30.3 Å². The molecular formula is C17H14N4O. The topological polar surface area (TPSA) is 70.7 Å². The van der Waals surface area contributed by atoms with Crippen molar-refractivity contribution in [2.45, 2.75) is 25.3 Å². The van der Waals surface area contributed by atoms with Gasteiger partial charge in [0.1, 0.15) is 23.5 Å². The molecule has 0 bridgehead atoms. The molecule has 1 N–H and O–H groups in total. The van der Waals surface area contributed by atoms with Crippen molar-refractivity contribution >= 4 is 11.6 Å². The molecule has 0 unspecified atom stereocenters. The van der Waals surface area contributed by atoms with Crippen molar-refractivity contribution in [3.05, 3.63) is 58.9 Å². The van der Waals surface area contributed by atoms with Crippen LogP contribution in [0.3, 0.4) is 0 Å². The van der Waals surface area contributed by atoms with E-state index in [1.54, 1.807) is 10.9 Å². The molecule has 1 aromatic heterocycles. The zero-order chi connectivity index (χ0) is 15.1. The van der Waals surface area contributed by atoms with Crippen molar-refractivity contribution < 1.29 is 4.79 Å². The molecule has 108 valence electrons. The minimum Gasteiger partial charge on any atom is -0.342 e. The lowest BCUT2D eigenvalue weighted by atomic mass is 9.85. The monoisotopic (exact) mass is 290 g/mol. The molecule has 1 aliphatic carbocycles. The highest BCUT2D eigenvalue weighted by atomic mass is 16.1. The summed E-state index contributed by atoms with van der Waals surface area (Å²) in [7, 11) is 0. The number of nitriles is 1. The summed E-state index contributed by atoms with van der Waals surface area (Å²) in [4.78, 5) is 12.5. The molecule has 1 aliphatic heterocycles. The number of carbonyl (C=O) groups excluding carboxylic acids is 1. The second-order valence-electron chi connectivity index (χ2n) is 5.57. The fourth-order valence-electron chi connectivity index (χ4n) is 3.28. The summed E-state index contributed by atoms with van der Waals surface area (Å²) in [5.41, 5.74) is 3.25. The second kappa shape index (κ2) is 4.85. The molecule has 1 atom stereocenters. The number of benzene rings is 1. The van der Waals surface area contributed by atoms with Crippen molar-refractivity contribution in [3.8, 4) is 6.07 Å². The van der Waals surface area contributed by atoms with Gasteiger partial charge >= 0.3 is 0 Å². The molecule has 0 amide bonds. The zero-order valence-electron chi connectivity index (χ0n) is 11.9. The SMILES string of the molecule is N#Cc1cnn2c1NC1=C(C(=O)CCC1)[C@H]2c1ccccc1. The molecule has 0 saturated heterocycles. The van der Waals surface area contributed by atoms with E-state index in [0.29, 0.717) is 17.8 Å². The lowest BCUT2D eigenvalue weighted by molar-refractivity contribution is -0.116. The number of allylic oxidation sites excluding steroid dienone is 2. The zero-order valence-corrected chi connectivity index (χ0v) is 11.9. The summed E-state index contributed by atoms with van der Waals surface area (Å²) in [6, 6.07) is 11.8. The quantitative estimate of drug-likeness (QED) is 0.876. The number of nitrogens with zero attached hydrogens (tertiary/aromatic N) is 3. The Morgan fingerprint density at radius 2 is 2.09 bits per heavy atom. The molecule has 0 fully saturated rings. The molecular weight excluding hydrogens is 276 g/mol. The first-order valence-electron chi connectivity index (χ1n) is 7.35. The lowest BCUT2D eigenvalue weighted by Crippen LogP contribution is -2.31. The number of nitrogens with one attached hydrogen (secondary N) is 1. The maximum atomic E-state index is 12.5. The normalized spacial score (nSPS) is 20.0. The van der Waals surface area contributed by atoms with Crippen LogP contribution in [0.1, 0.15) is 36.4 Å². The Balaban J connectivity index is 1.96. The number of hydrogen-bond donors (Lipinski definition) is 1. The average Bonchev–Trinajstić information content (AvgIpc) is 2.96. The summed E-state index contributed by atoms with van der Waals surface area (Å²) in [6.45, 7) is 0. The van der Waals surface area contributed by atoms with Gasteiger partial charge < -0.3 is 5.32 Å². The Kier molecular flexibility index (Phi) is 2.83. The number of fused-ring (bicyclic) bond motifs is 1. The van der Waals surface area contributed by atoms with Gasteiger partial charge in [0.25, 0.3) is 0 Å². The fraction of sp³-hybridized carbons (Fsp3) is 0.235. The van der Waals surface area contributed by atoms with Gasteiger partial charge in [0.2, 0.25) is 0 Å². The highest BCUT2D eigenvalue weighted by Crippen LogP contribution is 2.41. The Hall–Kier alpha value is -2.87. The van der Waals surface area contributed by atoms with Gasteiger partial charge in [-0.1, -0.05) is 30.3 Å². The van der Waals surface area contributed by atoms with Crippen LogP contribution >= 0.6 is 0 Å². The molecule has 5 nitrogen and oxygen atoms in total. The van der Waals surface area contributed by atoms with E-state index in [9.17, 15) is 10.1 Å². The summed E-state index contributed by atoms with van der Waals surface area (Å²) in [5.74, 6) is 0.854. The largest absolute Gasteiger partial charge is 0.342 e. The Morgan fingerprint density at radius 1 is 1.27 bits per heavy atom. The van der Waals surface area contributed by atoms with Crippen LogP contribution in [0, 0.1) is 11.3 Å². The van der Waals surface area contributed by atoms with Crippen molar-refractivity contribution in [2.24, 2.45) is 0 Å². The summed E-state index contributed by atoms with van der Waals surface area (Å²) < 4.78 is 1.76. The van der Waals surface area contributed by atoms with Crippen LogP contribution in [0.4, 0.5) is 5.82 Å². The molecule has 22 heavy (non-hydrogen) atoms. The van der Waals surface area contributed by atoms with Crippen LogP contribution in [0.25, 0.3) is 0 Å². The van der Waals surface area contributed by atoms with Gasteiger partial charge in [-0.15, -0.1) is 0 Å². The molecule has 2 heterocycles. The lowest BCUT2D eigenvalue weighted by Gasteiger charge is -2.33. The van der Waals surface area contributed by atoms with Crippen LogP contribution in [-0.4, -0.2) is 15.6 Å². The van der Waals surface area contributed by atoms with E-state index in [-0.39, 0.29) is 11.8 Å². The maximum Gasteiger partial charge on any atom is 0.163 e. The minimum atomic E-state index is -0.248. The van der Waals surface area contributed by atoms with E-state index in [4.69, 9.17) is 0 Å². The predicted molar refractivity (Wildman–Crippen MR) is 81.0 cm³/mol. The van der Waals surface area contributed by atoms with Crippen LogP contribution < -0.4 is 5.32 Å². The Morgan fingerprint density at radius 3 is 2.86 bits per heavy atom.